The molecule has 1 aromatic heterocycles. The summed E-state index contributed by atoms with van der Waals surface area (Å²) < 4.78 is 1.70. The number of carbonyl (C=O) groups is 1. The van der Waals surface area contributed by atoms with Gasteiger partial charge >= 0.3 is 0 Å². The van der Waals surface area contributed by atoms with E-state index in [-0.39, 0.29) is 5.91 Å². The van der Waals surface area contributed by atoms with E-state index in [0.29, 0.717) is 0 Å². The molecule has 0 aliphatic heterocycles. The van der Waals surface area contributed by atoms with Crippen LogP contribution in [0.15, 0.2) is 17.4 Å². The van der Waals surface area contributed by atoms with E-state index in [4.69, 9.17) is 0 Å². The van der Waals surface area contributed by atoms with Crippen molar-refractivity contribution in [3.05, 3.63) is 18.0 Å². The van der Waals surface area contributed by atoms with E-state index >= 15 is 0 Å². The first-order valence-electron chi connectivity index (χ1n) is 3.90. The van der Waals surface area contributed by atoms with Gasteiger partial charge in [-0.3, -0.25) is 9.48 Å². The van der Waals surface area contributed by atoms with Gasteiger partial charge in [-0.05, 0) is 13.0 Å². The summed E-state index contributed by atoms with van der Waals surface area (Å²) in [4.78, 5) is 10.6. The largest absolute Gasteiger partial charge is 0.274 e. The van der Waals surface area contributed by atoms with Crippen molar-refractivity contribution >= 4 is 11.6 Å². The highest BCUT2D eigenvalue weighted by molar-refractivity contribution is 5.97. The highest BCUT2D eigenvalue weighted by atomic mass is 16.2. The predicted octanol–water partition coefficient (Wildman–Crippen LogP) is 0.280. The first-order valence-corrected chi connectivity index (χ1v) is 3.90. The van der Waals surface area contributed by atoms with E-state index < -0.39 is 0 Å². The van der Waals surface area contributed by atoms with Crippen LogP contribution in [0.25, 0.3) is 0 Å². The number of aryl methyl sites for hydroxylation is 1. The lowest BCUT2D eigenvalue weighted by Gasteiger charge is -2.00. The van der Waals surface area contributed by atoms with Crippen LogP contribution in [0.5, 0.6) is 0 Å². The zero-order valence-electron chi connectivity index (χ0n) is 7.90. The number of amides is 1. The second kappa shape index (κ2) is 3.84. The molecule has 0 aliphatic rings. The molecule has 0 fully saturated rings. The van der Waals surface area contributed by atoms with Crippen LogP contribution in [0.2, 0.25) is 0 Å². The second-order valence-electron chi connectivity index (χ2n) is 2.71. The highest BCUT2D eigenvalue weighted by Gasteiger charge is 2.01. The van der Waals surface area contributed by atoms with Crippen LogP contribution < -0.4 is 5.43 Å². The molecule has 0 saturated carbocycles. The molecule has 0 saturated heterocycles. The third-order valence-electron chi connectivity index (χ3n) is 1.57. The molecule has 70 valence electrons. The van der Waals surface area contributed by atoms with E-state index in [1.165, 1.54) is 6.92 Å². The van der Waals surface area contributed by atoms with Crippen molar-refractivity contribution in [1.82, 2.24) is 15.2 Å². The minimum Gasteiger partial charge on any atom is -0.274 e. The van der Waals surface area contributed by atoms with Gasteiger partial charge in [-0.1, -0.05) is 0 Å². The molecule has 1 amide bonds. The van der Waals surface area contributed by atoms with Crippen LogP contribution in [0.3, 0.4) is 0 Å². The molecule has 0 aromatic carbocycles. The van der Waals surface area contributed by atoms with Crippen LogP contribution in [0.4, 0.5) is 0 Å². The van der Waals surface area contributed by atoms with Crippen molar-refractivity contribution in [2.75, 3.05) is 0 Å². The Balaban J connectivity index is 2.78. The van der Waals surface area contributed by atoms with Crippen LogP contribution in [0.1, 0.15) is 19.5 Å². The van der Waals surface area contributed by atoms with Gasteiger partial charge in [0.05, 0.1) is 11.4 Å². The first-order chi connectivity index (χ1) is 6.11. The number of carbonyl (C=O) groups excluding carboxylic acids is 1. The number of nitrogens with one attached hydrogen (secondary N) is 1. The monoisotopic (exact) mass is 180 g/mol. The molecule has 5 heteroatoms. The summed E-state index contributed by atoms with van der Waals surface area (Å²) in [5, 5.41) is 7.87. The Morgan fingerprint density at radius 1 is 1.62 bits per heavy atom. The fraction of sp³-hybridized carbons (Fsp3) is 0.375. The summed E-state index contributed by atoms with van der Waals surface area (Å²) in [7, 11) is 1.82. The molecule has 0 bridgehead atoms. The van der Waals surface area contributed by atoms with Gasteiger partial charge in [0.15, 0.2) is 0 Å². The molecule has 0 atom stereocenters. The molecule has 0 radical (unpaired) electrons. The van der Waals surface area contributed by atoms with Crippen molar-refractivity contribution in [3.63, 3.8) is 0 Å². The fourth-order valence-electron chi connectivity index (χ4n) is 0.949. The van der Waals surface area contributed by atoms with Gasteiger partial charge in [0.25, 0.3) is 0 Å². The van der Waals surface area contributed by atoms with Gasteiger partial charge in [-0.2, -0.15) is 10.2 Å². The summed E-state index contributed by atoms with van der Waals surface area (Å²) in [6.45, 7) is 3.23. The number of hydrogen-bond acceptors (Lipinski definition) is 3. The molecule has 1 rings (SSSR count). The maximum Gasteiger partial charge on any atom is 0.236 e. The Labute approximate surface area is 76.4 Å². The lowest BCUT2D eigenvalue weighted by atomic mass is 10.3. The Kier molecular flexibility index (Phi) is 2.79. The van der Waals surface area contributed by atoms with Crippen LogP contribution in [-0.2, 0) is 11.8 Å². The van der Waals surface area contributed by atoms with Crippen LogP contribution in [-0.4, -0.2) is 21.4 Å². The van der Waals surface area contributed by atoms with Crippen molar-refractivity contribution in [2.24, 2.45) is 12.1 Å². The summed E-state index contributed by atoms with van der Waals surface area (Å²) >= 11 is 0. The fourth-order valence-corrected chi connectivity index (χ4v) is 0.949. The minimum absolute atomic E-state index is 0.179. The van der Waals surface area contributed by atoms with Gasteiger partial charge < -0.3 is 0 Å². The van der Waals surface area contributed by atoms with Crippen molar-refractivity contribution < 1.29 is 4.79 Å². The quantitative estimate of drug-likeness (QED) is 0.525. The number of hydrogen-bond donors (Lipinski definition) is 1. The molecule has 1 N–H and O–H groups in total. The third kappa shape index (κ3) is 2.40. The summed E-state index contributed by atoms with van der Waals surface area (Å²) in [5.74, 6) is -0.179. The Morgan fingerprint density at radius 2 is 2.31 bits per heavy atom. The molecule has 5 nitrogen and oxygen atoms in total. The molecular weight excluding hydrogens is 168 g/mol. The molecule has 0 aliphatic carbocycles. The zero-order chi connectivity index (χ0) is 9.84. The number of aromatic nitrogens is 2. The Bertz CT molecular complexity index is 340. The predicted molar refractivity (Wildman–Crippen MR) is 49.2 cm³/mol. The second-order valence-corrected chi connectivity index (χ2v) is 2.71. The average molecular weight is 180 g/mol. The molecular formula is C8H12N4O. The smallest absolute Gasteiger partial charge is 0.236 e. The lowest BCUT2D eigenvalue weighted by molar-refractivity contribution is -0.118. The van der Waals surface area contributed by atoms with E-state index in [1.807, 2.05) is 20.0 Å². The summed E-state index contributed by atoms with van der Waals surface area (Å²) in [6.07, 6.45) is 1.68. The number of hydrazone groups is 1. The van der Waals surface area contributed by atoms with Crippen molar-refractivity contribution in [1.29, 1.82) is 0 Å². The van der Waals surface area contributed by atoms with E-state index in [1.54, 1.807) is 10.9 Å². The van der Waals surface area contributed by atoms with E-state index in [2.05, 4.69) is 15.6 Å². The molecule has 0 unspecified atom stereocenters. The van der Waals surface area contributed by atoms with E-state index in [9.17, 15) is 4.79 Å². The minimum atomic E-state index is -0.179. The molecule has 13 heavy (non-hydrogen) atoms. The van der Waals surface area contributed by atoms with Gasteiger partial charge in [-0.15, -0.1) is 0 Å². The normalized spacial score (nSPS) is 11.5. The number of nitrogens with zero attached hydrogens (tertiary/aromatic N) is 3. The van der Waals surface area contributed by atoms with Gasteiger partial charge in [0, 0.05) is 20.2 Å². The molecule has 1 heterocycles. The third-order valence-corrected chi connectivity index (χ3v) is 1.57. The molecule has 1 aromatic rings. The van der Waals surface area contributed by atoms with E-state index in [0.717, 1.165) is 11.4 Å². The maximum absolute atomic E-state index is 10.6. The zero-order valence-corrected chi connectivity index (χ0v) is 7.90. The van der Waals surface area contributed by atoms with Gasteiger partial charge in [0.1, 0.15) is 0 Å². The van der Waals surface area contributed by atoms with Crippen molar-refractivity contribution in [3.8, 4) is 0 Å². The van der Waals surface area contributed by atoms with Gasteiger partial charge in [-0.25, -0.2) is 5.43 Å². The molecule has 0 spiro atoms. The topological polar surface area (TPSA) is 59.3 Å². The summed E-state index contributed by atoms with van der Waals surface area (Å²) in [5.41, 5.74) is 3.98. The SMILES string of the molecule is CC(=O)N/N=C(\C)c1ccnn1C. The van der Waals surface area contributed by atoms with Gasteiger partial charge in [0.2, 0.25) is 5.91 Å². The highest BCUT2D eigenvalue weighted by Crippen LogP contribution is 1.97. The van der Waals surface area contributed by atoms with Crippen LogP contribution in [0, 0.1) is 0 Å². The Morgan fingerprint density at radius 3 is 2.77 bits per heavy atom. The average Bonchev–Trinajstić information content (AvgIpc) is 2.47. The van der Waals surface area contributed by atoms with Crippen molar-refractivity contribution in [2.45, 2.75) is 13.8 Å². The number of rotatable bonds is 2. The Hall–Kier alpha value is -1.65. The lowest BCUT2D eigenvalue weighted by Crippen LogP contribution is -2.16. The standard InChI is InChI=1S/C8H12N4O/c1-6(10-11-7(2)13)8-4-5-9-12(8)3/h4-5H,1-3H3,(H,11,13)/b10-6+. The first kappa shape index (κ1) is 9.44. The van der Waals surface area contributed by atoms with Crippen LogP contribution >= 0.6 is 0 Å². The summed E-state index contributed by atoms with van der Waals surface area (Å²) in [6, 6.07) is 1.83. The maximum atomic E-state index is 10.6.